The normalized spacial score (nSPS) is 12.8. The fourth-order valence-corrected chi connectivity index (χ4v) is 5.38. The molecule has 208 valence electrons. The molecule has 3 aromatic carbocycles. The molecule has 7 nitrogen and oxygen atoms in total. The maximum absolute atomic E-state index is 14.0. The number of carbonyl (C=O) groups is 2. The summed E-state index contributed by atoms with van der Waals surface area (Å²) in [4.78, 5) is 29.2. The van der Waals surface area contributed by atoms with Crippen LogP contribution in [-0.2, 0) is 32.6 Å². The lowest BCUT2D eigenvalue weighted by Crippen LogP contribution is -2.54. The van der Waals surface area contributed by atoms with Gasteiger partial charge in [0, 0.05) is 28.0 Å². The van der Waals surface area contributed by atoms with Crippen molar-refractivity contribution in [2.24, 2.45) is 0 Å². The van der Waals surface area contributed by atoms with E-state index in [4.69, 9.17) is 0 Å². The second-order valence-corrected chi connectivity index (χ2v) is 13.2. The number of halogens is 2. The predicted octanol–water partition coefficient (Wildman–Crippen LogP) is 5.53. The molecule has 0 saturated heterocycles. The van der Waals surface area contributed by atoms with Gasteiger partial charge in [0.05, 0.1) is 11.9 Å². The van der Waals surface area contributed by atoms with Crippen molar-refractivity contribution in [2.45, 2.75) is 45.3 Å². The second kappa shape index (κ2) is 14.1. The zero-order valence-corrected chi connectivity index (χ0v) is 26.2. The molecule has 0 spiro atoms. The van der Waals surface area contributed by atoms with Gasteiger partial charge in [-0.05, 0) is 60.9 Å². The fourth-order valence-electron chi connectivity index (χ4n) is 4.00. The van der Waals surface area contributed by atoms with E-state index in [1.54, 1.807) is 24.3 Å². The van der Waals surface area contributed by atoms with Crippen LogP contribution in [0, 0.1) is 0 Å². The van der Waals surface area contributed by atoms with Gasteiger partial charge in [-0.2, -0.15) is 0 Å². The van der Waals surface area contributed by atoms with Crippen LogP contribution >= 0.6 is 31.9 Å². The fraction of sp³-hybridized carbons (Fsp3) is 0.310. The maximum atomic E-state index is 14.0. The van der Waals surface area contributed by atoms with E-state index in [1.165, 1.54) is 4.90 Å². The molecule has 10 heteroatoms. The first-order valence-corrected chi connectivity index (χ1v) is 16.0. The summed E-state index contributed by atoms with van der Waals surface area (Å²) in [6, 6.07) is 22.7. The molecule has 0 fully saturated rings. The lowest BCUT2D eigenvalue weighted by molar-refractivity contribution is -0.140. The van der Waals surface area contributed by atoms with Crippen LogP contribution in [0.4, 0.5) is 5.69 Å². The average molecular weight is 679 g/mol. The number of rotatable bonds is 12. The summed E-state index contributed by atoms with van der Waals surface area (Å²) in [7, 11) is -3.80. The third-order valence-corrected chi connectivity index (χ3v) is 8.53. The summed E-state index contributed by atoms with van der Waals surface area (Å²) < 4.78 is 28.4. The molecule has 3 rings (SSSR count). The highest BCUT2D eigenvalue weighted by atomic mass is 79.9. The van der Waals surface area contributed by atoms with E-state index in [0.717, 1.165) is 37.1 Å². The molecule has 39 heavy (non-hydrogen) atoms. The van der Waals surface area contributed by atoms with Crippen LogP contribution in [0.5, 0.6) is 0 Å². The summed E-state index contributed by atoms with van der Waals surface area (Å²) in [6.07, 6.45) is 2.08. The lowest BCUT2D eigenvalue weighted by atomic mass is 10.0. The zero-order chi connectivity index (χ0) is 28.6. The van der Waals surface area contributed by atoms with Gasteiger partial charge in [0.1, 0.15) is 12.6 Å². The number of benzene rings is 3. The van der Waals surface area contributed by atoms with Gasteiger partial charge in [0.25, 0.3) is 0 Å². The molecule has 0 heterocycles. The van der Waals surface area contributed by atoms with Crippen molar-refractivity contribution in [2.75, 3.05) is 17.1 Å². The van der Waals surface area contributed by atoms with E-state index in [1.807, 2.05) is 68.4 Å². The number of hydrogen-bond donors (Lipinski definition) is 1. The molecule has 0 aromatic heterocycles. The van der Waals surface area contributed by atoms with Gasteiger partial charge in [0.2, 0.25) is 21.8 Å². The van der Waals surface area contributed by atoms with Crippen molar-refractivity contribution < 1.29 is 18.0 Å². The van der Waals surface area contributed by atoms with E-state index < -0.39 is 28.5 Å². The molecule has 3 aromatic rings. The SMILES string of the molecule is CC[C@H](C)NC(=O)[C@@H](Cc1ccccc1)N(Cc1ccc(Br)cc1)C(=O)CN(c1ccc(Br)cc1)S(C)(=O)=O. The molecular weight excluding hydrogens is 646 g/mol. The van der Waals surface area contributed by atoms with Crippen molar-refractivity contribution in [3.8, 4) is 0 Å². The van der Waals surface area contributed by atoms with Crippen molar-refractivity contribution in [3.63, 3.8) is 0 Å². The molecule has 0 aliphatic carbocycles. The largest absolute Gasteiger partial charge is 0.352 e. The summed E-state index contributed by atoms with van der Waals surface area (Å²) in [6.45, 7) is 3.58. The summed E-state index contributed by atoms with van der Waals surface area (Å²) in [5, 5.41) is 3.02. The number of carbonyl (C=O) groups excluding carboxylic acids is 2. The molecule has 2 atom stereocenters. The maximum Gasteiger partial charge on any atom is 0.244 e. The minimum atomic E-state index is -3.80. The highest BCUT2D eigenvalue weighted by Gasteiger charge is 2.33. The third-order valence-electron chi connectivity index (χ3n) is 6.33. The Hall–Kier alpha value is -2.69. The molecule has 0 saturated carbocycles. The Balaban J connectivity index is 2.04. The highest BCUT2D eigenvalue weighted by Crippen LogP contribution is 2.23. The quantitative estimate of drug-likeness (QED) is 0.273. The Morgan fingerprint density at radius 2 is 1.44 bits per heavy atom. The first-order chi connectivity index (χ1) is 18.5. The standard InChI is InChI=1S/C29H33Br2N3O4S/c1-4-21(2)32-29(36)27(18-22-8-6-5-7-9-22)33(19-23-10-12-24(30)13-11-23)28(35)20-34(39(3,37)38)26-16-14-25(31)15-17-26/h5-17,21,27H,4,18-20H2,1-3H3,(H,32,36)/t21-,27+/m0/s1. The molecule has 0 bridgehead atoms. The number of anilines is 1. The number of hydrogen-bond acceptors (Lipinski definition) is 4. The van der Waals surface area contributed by atoms with Crippen LogP contribution in [0.3, 0.4) is 0 Å². The van der Waals surface area contributed by atoms with Crippen LogP contribution in [0.2, 0.25) is 0 Å². The van der Waals surface area contributed by atoms with Crippen LogP contribution in [-0.4, -0.2) is 50.0 Å². The Bertz CT molecular complexity index is 1350. The topological polar surface area (TPSA) is 86.8 Å². The first kappa shape index (κ1) is 30.8. The van der Waals surface area contributed by atoms with E-state index in [0.29, 0.717) is 5.69 Å². The molecule has 0 radical (unpaired) electrons. The minimum Gasteiger partial charge on any atom is -0.352 e. The van der Waals surface area contributed by atoms with Crippen LogP contribution < -0.4 is 9.62 Å². The lowest BCUT2D eigenvalue weighted by Gasteiger charge is -2.34. The van der Waals surface area contributed by atoms with Crippen molar-refractivity contribution in [3.05, 3.63) is 98.9 Å². The number of nitrogens with one attached hydrogen (secondary N) is 1. The van der Waals surface area contributed by atoms with E-state index >= 15 is 0 Å². The van der Waals surface area contributed by atoms with Crippen LogP contribution in [0.25, 0.3) is 0 Å². The summed E-state index contributed by atoms with van der Waals surface area (Å²) in [5.74, 6) is -0.764. The highest BCUT2D eigenvalue weighted by molar-refractivity contribution is 9.10. The second-order valence-electron chi connectivity index (χ2n) is 9.42. The number of amides is 2. The van der Waals surface area contributed by atoms with Gasteiger partial charge in [0.15, 0.2) is 0 Å². The molecular formula is C29H33Br2N3O4S. The van der Waals surface area contributed by atoms with Gasteiger partial charge >= 0.3 is 0 Å². The van der Waals surface area contributed by atoms with Crippen molar-refractivity contribution >= 4 is 59.4 Å². The van der Waals surface area contributed by atoms with E-state index in [2.05, 4.69) is 37.2 Å². The molecule has 2 amide bonds. The van der Waals surface area contributed by atoms with E-state index in [9.17, 15) is 18.0 Å². The molecule has 0 unspecified atom stereocenters. The Morgan fingerprint density at radius 1 is 0.872 bits per heavy atom. The Kier molecular flexibility index (Phi) is 11.1. The average Bonchev–Trinajstić information content (AvgIpc) is 2.90. The van der Waals surface area contributed by atoms with Crippen LogP contribution in [0.15, 0.2) is 87.8 Å². The zero-order valence-electron chi connectivity index (χ0n) is 22.2. The third kappa shape index (κ3) is 9.19. The smallest absolute Gasteiger partial charge is 0.244 e. The number of sulfonamides is 1. The van der Waals surface area contributed by atoms with Crippen LogP contribution in [0.1, 0.15) is 31.4 Å². The van der Waals surface area contributed by atoms with Gasteiger partial charge in [-0.15, -0.1) is 0 Å². The molecule has 0 aliphatic rings. The molecule has 0 aliphatic heterocycles. The van der Waals surface area contributed by atoms with Gasteiger partial charge < -0.3 is 10.2 Å². The van der Waals surface area contributed by atoms with Gasteiger partial charge in [-0.25, -0.2) is 8.42 Å². The van der Waals surface area contributed by atoms with Crippen molar-refractivity contribution in [1.29, 1.82) is 0 Å². The van der Waals surface area contributed by atoms with Gasteiger partial charge in [-0.3, -0.25) is 13.9 Å². The Morgan fingerprint density at radius 3 is 1.97 bits per heavy atom. The van der Waals surface area contributed by atoms with E-state index in [-0.39, 0.29) is 24.9 Å². The monoisotopic (exact) mass is 677 g/mol. The van der Waals surface area contributed by atoms with Gasteiger partial charge in [-0.1, -0.05) is 81.2 Å². The van der Waals surface area contributed by atoms with Crippen molar-refractivity contribution in [1.82, 2.24) is 10.2 Å². The summed E-state index contributed by atoms with van der Waals surface area (Å²) in [5.41, 5.74) is 2.07. The minimum absolute atomic E-state index is 0.0873. The first-order valence-electron chi connectivity index (χ1n) is 12.6. The summed E-state index contributed by atoms with van der Waals surface area (Å²) >= 11 is 6.80. The number of nitrogens with zero attached hydrogens (tertiary/aromatic N) is 2. The Labute approximate surface area is 247 Å². The predicted molar refractivity (Wildman–Crippen MR) is 163 cm³/mol. The molecule has 1 N–H and O–H groups in total.